The van der Waals surface area contributed by atoms with Crippen LogP contribution in [0.25, 0.3) is 46.1 Å². The van der Waals surface area contributed by atoms with E-state index in [1.807, 2.05) is 18.2 Å². The summed E-state index contributed by atoms with van der Waals surface area (Å²) in [5.41, 5.74) is 17.4. The first-order chi connectivity index (χ1) is 27.9. The monoisotopic (exact) mass is 756 g/mol. The second-order valence-electron chi connectivity index (χ2n) is 18.3. The smallest absolute Gasteiger partial charge is 0.203 e. The minimum Gasteiger partial charge on any atom is -0.342 e. The molecule has 11 rings (SSSR count). The Morgan fingerprint density at radius 2 is 1.29 bits per heavy atom. The molecule has 1 aliphatic heterocycles. The van der Waals surface area contributed by atoms with Gasteiger partial charge in [0, 0.05) is 52.0 Å². The number of nitrogens with zero attached hydrogens (tertiary/aromatic N) is 6. The highest BCUT2D eigenvalue weighted by Gasteiger charge is 2.52. The summed E-state index contributed by atoms with van der Waals surface area (Å²) >= 11 is 0. The maximum Gasteiger partial charge on any atom is 0.203 e. The molecule has 3 heterocycles. The SMILES string of the molecule is CC1C=Cc2c(c3c(n2C2N=C(c4nc(-c5ccccc5)nc(-c5ccc6c(c5)C(C)(C)c5ccccc5-6)n4)C=CN2C)C=C2C(C)(C)c4ccccc4C2(C)C3)C1. The zero-order valence-electron chi connectivity index (χ0n) is 34.4. The van der Waals surface area contributed by atoms with Crippen LogP contribution in [0, 0.1) is 5.92 Å². The van der Waals surface area contributed by atoms with Crippen molar-refractivity contribution in [2.45, 2.75) is 76.9 Å². The minimum absolute atomic E-state index is 0.0606. The number of aliphatic imine (C=N–C) groups is 1. The van der Waals surface area contributed by atoms with Crippen LogP contribution in [0.5, 0.6) is 0 Å². The van der Waals surface area contributed by atoms with Crippen molar-refractivity contribution in [1.29, 1.82) is 0 Å². The van der Waals surface area contributed by atoms with Gasteiger partial charge in [-0.3, -0.25) is 0 Å². The molecule has 0 radical (unpaired) electrons. The molecule has 3 atom stereocenters. The number of allylic oxidation sites excluding steroid dienone is 3. The molecule has 0 N–H and O–H groups in total. The van der Waals surface area contributed by atoms with Gasteiger partial charge in [0.2, 0.25) is 6.29 Å². The Balaban J connectivity index is 1.07. The molecule has 5 aliphatic rings. The molecule has 0 saturated heterocycles. The summed E-state index contributed by atoms with van der Waals surface area (Å²) < 4.78 is 2.49. The fourth-order valence-electron chi connectivity index (χ4n) is 11.0. The quantitative estimate of drug-likeness (QED) is 0.180. The van der Waals surface area contributed by atoms with Crippen molar-refractivity contribution < 1.29 is 0 Å². The number of benzene rings is 4. The van der Waals surface area contributed by atoms with Crippen molar-refractivity contribution in [2.75, 3.05) is 7.05 Å². The summed E-state index contributed by atoms with van der Waals surface area (Å²) in [5, 5.41) is 0. The first-order valence-corrected chi connectivity index (χ1v) is 20.7. The highest BCUT2D eigenvalue weighted by Crippen LogP contribution is 2.59. The van der Waals surface area contributed by atoms with Crippen molar-refractivity contribution in [3.63, 3.8) is 0 Å². The molecule has 286 valence electrons. The summed E-state index contributed by atoms with van der Waals surface area (Å²) in [5.74, 6) is 2.32. The van der Waals surface area contributed by atoms with Crippen LogP contribution in [0.2, 0.25) is 0 Å². The third kappa shape index (κ3) is 4.90. The van der Waals surface area contributed by atoms with Crippen molar-refractivity contribution in [3.8, 4) is 33.9 Å². The summed E-state index contributed by atoms with van der Waals surface area (Å²) in [6.45, 7) is 14.2. The maximum absolute atomic E-state index is 5.57. The lowest BCUT2D eigenvalue weighted by Gasteiger charge is -2.37. The van der Waals surface area contributed by atoms with Gasteiger partial charge < -0.3 is 9.47 Å². The lowest BCUT2D eigenvalue weighted by molar-refractivity contribution is 0.251. The van der Waals surface area contributed by atoms with Gasteiger partial charge in [0.25, 0.3) is 0 Å². The van der Waals surface area contributed by atoms with Crippen LogP contribution in [0.4, 0.5) is 0 Å². The van der Waals surface area contributed by atoms with E-state index in [4.69, 9.17) is 19.9 Å². The third-order valence-corrected chi connectivity index (χ3v) is 13.9. The van der Waals surface area contributed by atoms with Crippen LogP contribution in [0.15, 0.2) is 126 Å². The van der Waals surface area contributed by atoms with E-state index in [0.717, 1.165) is 29.7 Å². The Morgan fingerprint density at radius 1 is 0.621 bits per heavy atom. The number of aromatic nitrogens is 4. The van der Waals surface area contributed by atoms with Gasteiger partial charge in [-0.25, -0.2) is 19.9 Å². The van der Waals surface area contributed by atoms with Crippen LogP contribution in [0.1, 0.15) is 98.4 Å². The Kier molecular flexibility index (Phi) is 7.37. The summed E-state index contributed by atoms with van der Waals surface area (Å²) in [7, 11) is 2.13. The zero-order chi connectivity index (χ0) is 39.7. The predicted octanol–water partition coefficient (Wildman–Crippen LogP) is 11.1. The lowest BCUT2D eigenvalue weighted by atomic mass is 9.67. The summed E-state index contributed by atoms with van der Waals surface area (Å²) in [6.07, 6.45) is 13.1. The normalized spacial score (nSPS) is 22.6. The second-order valence-corrected chi connectivity index (χ2v) is 18.3. The van der Waals surface area contributed by atoms with E-state index in [0.29, 0.717) is 23.4 Å². The van der Waals surface area contributed by atoms with Gasteiger partial charge in [0.05, 0.1) is 0 Å². The molecule has 0 spiro atoms. The van der Waals surface area contributed by atoms with E-state index in [1.54, 1.807) is 0 Å². The zero-order valence-corrected chi connectivity index (χ0v) is 34.4. The average Bonchev–Trinajstić information content (AvgIpc) is 3.73. The number of fused-ring (bicyclic) bond motifs is 9. The predicted molar refractivity (Wildman–Crippen MR) is 236 cm³/mol. The Hall–Kier alpha value is -6.14. The Bertz CT molecular complexity index is 2850. The van der Waals surface area contributed by atoms with Crippen LogP contribution in [-0.2, 0) is 29.1 Å². The molecule has 58 heavy (non-hydrogen) atoms. The topological polar surface area (TPSA) is 59.2 Å². The van der Waals surface area contributed by atoms with Crippen LogP contribution < -0.4 is 0 Å². The molecule has 6 heteroatoms. The van der Waals surface area contributed by atoms with E-state index in [-0.39, 0.29) is 22.5 Å². The van der Waals surface area contributed by atoms with Crippen LogP contribution in [0.3, 0.4) is 0 Å². The molecular weight excluding hydrogens is 709 g/mol. The average molecular weight is 757 g/mol. The molecule has 4 aliphatic carbocycles. The number of rotatable bonds is 4. The number of hydrogen-bond donors (Lipinski definition) is 0. The third-order valence-electron chi connectivity index (χ3n) is 13.9. The largest absolute Gasteiger partial charge is 0.342 e. The minimum atomic E-state index is -0.330. The van der Waals surface area contributed by atoms with Crippen LogP contribution in [-0.4, -0.2) is 37.2 Å². The Morgan fingerprint density at radius 3 is 2.09 bits per heavy atom. The lowest BCUT2D eigenvalue weighted by Crippen LogP contribution is -2.33. The van der Waals surface area contributed by atoms with Crippen molar-refractivity contribution in [1.82, 2.24) is 24.4 Å². The fourth-order valence-corrected chi connectivity index (χ4v) is 11.0. The first-order valence-electron chi connectivity index (χ1n) is 20.7. The highest BCUT2D eigenvalue weighted by molar-refractivity contribution is 6.07. The standard InChI is InChI=1S/C52H48N6/c1-31-21-24-43-36(27-31)37-30-52(6)40-20-14-13-19-39(40)51(4,5)45(52)29-44(37)58(43)49-53-42(25-26-57(49)7)48-55-46(32-15-9-8-10-16-32)54-47(56-48)33-22-23-35-34-17-11-12-18-38(34)50(2,3)41(35)28-33/h8-26,28-29,31,49H,27,30H2,1-7H3. The molecule has 3 unspecified atom stereocenters. The Labute approximate surface area is 341 Å². The molecule has 6 aromatic rings. The summed E-state index contributed by atoms with van der Waals surface area (Å²) in [4.78, 5) is 23.3. The maximum atomic E-state index is 5.57. The van der Waals surface area contributed by atoms with E-state index in [9.17, 15) is 0 Å². The molecule has 0 fully saturated rings. The van der Waals surface area contributed by atoms with E-state index in [2.05, 4.69) is 167 Å². The van der Waals surface area contributed by atoms with E-state index >= 15 is 0 Å². The molecular formula is C52H48N6. The van der Waals surface area contributed by atoms with Crippen molar-refractivity contribution in [2.24, 2.45) is 10.9 Å². The highest BCUT2D eigenvalue weighted by atomic mass is 15.4. The molecule has 4 aromatic carbocycles. The van der Waals surface area contributed by atoms with Gasteiger partial charge in [0.1, 0.15) is 5.71 Å². The summed E-state index contributed by atoms with van der Waals surface area (Å²) in [6, 6.07) is 34.8. The van der Waals surface area contributed by atoms with Gasteiger partial charge in [-0.15, -0.1) is 0 Å². The van der Waals surface area contributed by atoms with Gasteiger partial charge in [-0.2, -0.15) is 0 Å². The van der Waals surface area contributed by atoms with Gasteiger partial charge in [-0.05, 0) is 93.1 Å². The van der Waals surface area contributed by atoms with Gasteiger partial charge in [-0.1, -0.05) is 139 Å². The van der Waals surface area contributed by atoms with E-state index < -0.39 is 0 Å². The molecule has 2 aromatic heterocycles. The van der Waals surface area contributed by atoms with Gasteiger partial charge >= 0.3 is 0 Å². The molecule has 0 saturated carbocycles. The van der Waals surface area contributed by atoms with Crippen LogP contribution >= 0.6 is 0 Å². The second kappa shape index (κ2) is 12.2. The van der Waals surface area contributed by atoms with Gasteiger partial charge in [0.15, 0.2) is 17.5 Å². The van der Waals surface area contributed by atoms with Crippen molar-refractivity contribution >= 4 is 17.9 Å². The van der Waals surface area contributed by atoms with Crippen molar-refractivity contribution in [3.05, 3.63) is 172 Å². The number of hydrogen-bond acceptors (Lipinski definition) is 5. The molecule has 0 amide bonds. The first kappa shape index (κ1) is 35.1. The van der Waals surface area contributed by atoms with E-state index in [1.165, 1.54) is 61.5 Å². The molecule has 6 nitrogen and oxygen atoms in total. The fraction of sp³-hybridized carbons (Fsp3) is 0.269. The molecule has 0 bridgehead atoms.